The number of fused-ring (bicyclic) bond motifs is 3. The number of carbonyl (C=O) groups excluding carboxylic acids is 1. The quantitative estimate of drug-likeness (QED) is 0.161. The van der Waals surface area contributed by atoms with Gasteiger partial charge in [-0.05, 0) is 58.2 Å². The van der Waals surface area contributed by atoms with Crippen LogP contribution in [0.2, 0.25) is 0 Å². The summed E-state index contributed by atoms with van der Waals surface area (Å²) < 4.78 is 55.0. The lowest BCUT2D eigenvalue weighted by atomic mass is 9.77. The van der Waals surface area contributed by atoms with E-state index in [0.717, 1.165) is 41.5 Å². The zero-order valence-corrected chi connectivity index (χ0v) is 28.5. The Balaban J connectivity index is 1.40. The second kappa shape index (κ2) is 12.7. The van der Waals surface area contributed by atoms with Gasteiger partial charge in [-0.15, -0.1) is 0 Å². The molecule has 0 fully saturated rings. The SMILES string of the molecule is COC[C@@H]1Cn2ncc([S@](=N)(=O)N(C(=O)Nc3c4c(cc5c3C[C@@H](F)C5)CCC4)C(c3ccccc3)(c3ccccc3)c3ccccc3)c2O1. The maximum Gasteiger partial charge on any atom is 0.336 e. The number of amides is 2. The van der Waals surface area contributed by atoms with E-state index in [1.807, 2.05) is 91.0 Å². The number of ether oxygens (including phenoxy) is 2. The zero-order chi connectivity index (χ0) is 34.5. The van der Waals surface area contributed by atoms with E-state index in [4.69, 9.17) is 9.47 Å². The van der Waals surface area contributed by atoms with Crippen LogP contribution in [0.1, 0.15) is 45.4 Å². The predicted octanol–water partition coefficient (Wildman–Crippen LogP) is 7.06. The lowest BCUT2D eigenvalue weighted by Gasteiger charge is -2.45. The van der Waals surface area contributed by atoms with Crippen LogP contribution in [-0.2, 0) is 52.4 Å². The molecule has 0 saturated carbocycles. The number of benzene rings is 4. The largest absolute Gasteiger partial charge is 0.469 e. The summed E-state index contributed by atoms with van der Waals surface area (Å²) in [5.41, 5.74) is 4.59. The summed E-state index contributed by atoms with van der Waals surface area (Å²) in [4.78, 5) is 15.5. The number of hydrogen-bond donors (Lipinski definition) is 2. The highest BCUT2D eigenvalue weighted by molar-refractivity contribution is 7.90. The second-order valence-corrected chi connectivity index (χ2v) is 15.0. The molecule has 11 heteroatoms. The summed E-state index contributed by atoms with van der Waals surface area (Å²) in [6.45, 7) is 0.618. The van der Waals surface area contributed by atoms with E-state index in [0.29, 0.717) is 28.9 Å². The van der Waals surface area contributed by atoms with Crippen molar-refractivity contribution in [3.8, 4) is 5.88 Å². The molecule has 3 aliphatic rings. The smallest absolute Gasteiger partial charge is 0.336 e. The van der Waals surface area contributed by atoms with E-state index in [1.54, 1.807) is 11.8 Å². The number of methoxy groups -OCH3 is 1. The summed E-state index contributed by atoms with van der Waals surface area (Å²) in [7, 11) is -2.71. The van der Waals surface area contributed by atoms with Gasteiger partial charge in [0.25, 0.3) is 0 Å². The number of nitrogens with zero attached hydrogens (tertiary/aromatic N) is 3. The number of urea groups is 1. The van der Waals surface area contributed by atoms with Gasteiger partial charge >= 0.3 is 6.03 Å². The first-order chi connectivity index (χ1) is 24.3. The lowest BCUT2D eigenvalue weighted by molar-refractivity contribution is 0.0919. The van der Waals surface area contributed by atoms with Gasteiger partial charge in [-0.1, -0.05) is 97.1 Å². The van der Waals surface area contributed by atoms with Gasteiger partial charge in [0.15, 0.2) is 9.92 Å². The Labute approximate surface area is 291 Å². The first-order valence-corrected chi connectivity index (χ1v) is 18.4. The van der Waals surface area contributed by atoms with Crippen LogP contribution in [0.5, 0.6) is 5.88 Å². The Hall–Kier alpha value is -5.00. The minimum absolute atomic E-state index is 0.0224. The molecule has 0 spiro atoms. The van der Waals surface area contributed by atoms with E-state index in [2.05, 4.69) is 16.5 Å². The van der Waals surface area contributed by atoms with Gasteiger partial charge < -0.3 is 14.8 Å². The van der Waals surface area contributed by atoms with Crippen molar-refractivity contribution in [3.63, 3.8) is 0 Å². The van der Waals surface area contributed by atoms with Crippen LogP contribution < -0.4 is 10.1 Å². The fourth-order valence-electron chi connectivity index (χ4n) is 8.01. The van der Waals surface area contributed by atoms with Crippen molar-refractivity contribution in [1.82, 2.24) is 14.1 Å². The van der Waals surface area contributed by atoms with E-state index < -0.39 is 33.8 Å². The van der Waals surface area contributed by atoms with E-state index in [9.17, 15) is 9.17 Å². The third-order valence-corrected chi connectivity index (χ3v) is 11.9. The van der Waals surface area contributed by atoms with Gasteiger partial charge in [0.2, 0.25) is 5.88 Å². The molecule has 0 unspecified atom stereocenters. The molecule has 2 amide bonds. The van der Waals surface area contributed by atoms with Crippen molar-refractivity contribution in [3.05, 3.63) is 142 Å². The molecule has 1 aliphatic heterocycles. The fourth-order valence-corrected chi connectivity index (χ4v) is 9.77. The molecule has 1 aromatic heterocycles. The average molecular weight is 692 g/mol. The van der Waals surface area contributed by atoms with E-state index in [-0.39, 0.29) is 30.2 Å². The standard InChI is InChI=1S/C39H38FN5O4S/c1-48-25-32-24-44-37(49-32)35(23-42-44)50(41,47)45(38(46)43-36-33-19-11-12-26(33)20-27-21-31(40)22-34(27)36)39(28-13-5-2-6-14-28,29-15-7-3-8-16-29)30-17-9-4-10-18-30/h2-10,13-18,20,23,31-32,41H,11-12,19,21-22,24-25H2,1H3,(H,43,46)/t31-,32-,50+/m0/s1. The molecule has 50 heavy (non-hydrogen) atoms. The van der Waals surface area contributed by atoms with Gasteiger partial charge in [-0.25, -0.2) is 27.2 Å². The number of aromatic nitrogens is 2. The number of halogens is 1. The summed E-state index contributed by atoms with van der Waals surface area (Å²) in [5.74, 6) is 0.162. The Morgan fingerprint density at radius 3 is 2.20 bits per heavy atom. The van der Waals surface area contributed by atoms with Crippen LogP contribution in [0.4, 0.5) is 14.9 Å². The highest BCUT2D eigenvalue weighted by Crippen LogP contribution is 2.48. The molecule has 0 radical (unpaired) electrons. The molecule has 0 bridgehead atoms. The van der Waals surface area contributed by atoms with Crippen LogP contribution in [0, 0.1) is 4.78 Å². The van der Waals surface area contributed by atoms with Crippen molar-refractivity contribution in [2.24, 2.45) is 0 Å². The van der Waals surface area contributed by atoms with E-state index >= 15 is 9.00 Å². The molecule has 2 aliphatic carbocycles. The molecule has 8 rings (SSSR count). The number of carbonyl (C=O) groups is 1. The molecule has 2 N–H and O–H groups in total. The number of nitrogens with one attached hydrogen (secondary N) is 2. The summed E-state index contributed by atoms with van der Waals surface area (Å²) in [5, 5.41) is 7.64. The Bertz CT molecular complexity index is 2060. The average Bonchev–Trinajstić information content (AvgIpc) is 3.92. The number of anilines is 1. The highest BCUT2D eigenvalue weighted by Gasteiger charge is 2.52. The maximum absolute atomic E-state index is 15.8. The summed E-state index contributed by atoms with van der Waals surface area (Å²) in [6, 6.07) is 29.5. The minimum atomic E-state index is -4.28. The third kappa shape index (κ3) is 5.18. The molecule has 4 aromatic carbocycles. The van der Waals surface area contributed by atoms with Crippen molar-refractivity contribution in [1.29, 1.82) is 4.78 Å². The number of hydrogen-bond acceptors (Lipinski definition) is 6. The van der Waals surface area contributed by atoms with Crippen LogP contribution in [0.3, 0.4) is 0 Å². The van der Waals surface area contributed by atoms with Gasteiger partial charge in [-0.3, -0.25) is 0 Å². The van der Waals surface area contributed by atoms with Crippen molar-refractivity contribution in [2.45, 2.75) is 61.4 Å². The van der Waals surface area contributed by atoms with Gasteiger partial charge in [-0.2, -0.15) is 5.10 Å². The normalized spacial score (nSPS) is 18.8. The van der Waals surface area contributed by atoms with E-state index in [1.165, 1.54) is 10.5 Å². The Morgan fingerprint density at radius 1 is 0.980 bits per heavy atom. The van der Waals surface area contributed by atoms with Crippen molar-refractivity contribution < 1.29 is 22.9 Å². The lowest BCUT2D eigenvalue weighted by Crippen LogP contribution is -2.55. The molecular formula is C39H38FN5O4S. The summed E-state index contributed by atoms with van der Waals surface area (Å²) >= 11 is 0. The predicted molar refractivity (Wildman–Crippen MR) is 188 cm³/mol. The topological polar surface area (TPSA) is 110 Å². The molecule has 2 heterocycles. The maximum atomic E-state index is 15.8. The minimum Gasteiger partial charge on any atom is -0.469 e. The Morgan fingerprint density at radius 2 is 1.60 bits per heavy atom. The van der Waals surface area contributed by atoms with Crippen molar-refractivity contribution >= 4 is 21.6 Å². The van der Waals surface area contributed by atoms with Gasteiger partial charge in [0.1, 0.15) is 22.7 Å². The highest BCUT2D eigenvalue weighted by atomic mass is 32.2. The molecule has 9 nitrogen and oxygen atoms in total. The first kappa shape index (κ1) is 32.2. The zero-order valence-electron chi connectivity index (χ0n) is 27.7. The van der Waals surface area contributed by atoms with Crippen LogP contribution >= 0.6 is 0 Å². The summed E-state index contributed by atoms with van der Waals surface area (Å²) in [6.07, 6.45) is 2.88. The molecule has 3 atom stereocenters. The third-order valence-electron chi connectivity index (χ3n) is 10.1. The monoisotopic (exact) mass is 691 g/mol. The van der Waals surface area contributed by atoms with Crippen molar-refractivity contribution in [2.75, 3.05) is 19.0 Å². The molecule has 0 saturated heterocycles. The van der Waals surface area contributed by atoms with Crippen LogP contribution in [-0.4, -0.2) is 50.3 Å². The first-order valence-electron chi connectivity index (χ1n) is 16.9. The molecular weight excluding hydrogens is 654 g/mol. The molecule has 256 valence electrons. The van der Waals surface area contributed by atoms with Crippen LogP contribution in [0.15, 0.2) is 108 Å². The molecule has 5 aromatic rings. The second-order valence-electron chi connectivity index (χ2n) is 13.1. The van der Waals surface area contributed by atoms with Gasteiger partial charge in [0, 0.05) is 25.6 Å². The Kier molecular flexibility index (Phi) is 8.19. The number of rotatable bonds is 9. The van der Waals surface area contributed by atoms with Gasteiger partial charge in [0.05, 0.1) is 19.3 Å². The fraction of sp³-hybridized carbons (Fsp3) is 0.282. The number of aryl methyl sites for hydroxylation is 1. The number of alkyl halides is 1. The van der Waals surface area contributed by atoms with Crippen LogP contribution in [0.25, 0.3) is 0 Å².